The number of H-pyrrole nitrogens is 1. The fraction of sp³-hybridized carbons (Fsp3) is 0.0833. The van der Waals surface area contributed by atoms with E-state index >= 15 is 0 Å². The Labute approximate surface area is 129 Å². The Hall–Kier alpha value is -2.62. The summed E-state index contributed by atoms with van der Waals surface area (Å²) in [6.07, 6.45) is -4.96. The van der Waals surface area contributed by atoms with Crippen molar-refractivity contribution >= 4 is 17.5 Å². The maximum atomic E-state index is 13.9. The highest BCUT2D eigenvalue weighted by atomic mass is 35.5. The van der Waals surface area contributed by atoms with Gasteiger partial charge in [0.15, 0.2) is 0 Å². The van der Waals surface area contributed by atoms with Crippen LogP contribution in [0.25, 0.3) is 5.69 Å². The van der Waals surface area contributed by atoms with E-state index in [0.717, 1.165) is 0 Å². The van der Waals surface area contributed by atoms with Gasteiger partial charge in [-0.1, -0.05) is 11.6 Å². The van der Waals surface area contributed by atoms with Crippen molar-refractivity contribution in [3.63, 3.8) is 0 Å². The maximum Gasteiger partial charge on any atom is 0.431 e. The average Bonchev–Trinajstić information content (AvgIpc) is 2.38. The molecular weight excluding hydrogens is 346 g/mol. The largest absolute Gasteiger partial charge is 0.431 e. The van der Waals surface area contributed by atoms with Gasteiger partial charge >= 0.3 is 11.9 Å². The van der Waals surface area contributed by atoms with E-state index in [4.69, 9.17) is 17.3 Å². The van der Waals surface area contributed by atoms with E-state index in [0.29, 0.717) is 12.1 Å². The van der Waals surface area contributed by atoms with Gasteiger partial charge in [-0.3, -0.25) is 9.59 Å². The standard InChI is InChI=1S/C12H6ClF4N3O3/c13-5-2-6(14)7(1-4(5)10(18)22)20-9(21)3-8(12(15,16)17)19-11(20)23/h1-3H,(H2,18,22)(H,19,23). The van der Waals surface area contributed by atoms with Crippen molar-refractivity contribution < 1.29 is 22.4 Å². The first-order valence-electron chi connectivity index (χ1n) is 5.75. The topological polar surface area (TPSA) is 97.9 Å². The summed E-state index contributed by atoms with van der Waals surface area (Å²) < 4.78 is 51.5. The van der Waals surface area contributed by atoms with Crippen LogP contribution in [0, 0.1) is 5.82 Å². The fourth-order valence-electron chi connectivity index (χ4n) is 1.77. The number of carbonyl (C=O) groups is 1. The lowest BCUT2D eigenvalue weighted by atomic mass is 10.1. The molecule has 11 heteroatoms. The van der Waals surface area contributed by atoms with Crippen LogP contribution in [0.4, 0.5) is 17.6 Å². The number of aromatic nitrogens is 2. The number of nitrogens with one attached hydrogen (secondary N) is 1. The minimum atomic E-state index is -4.96. The molecule has 0 atom stereocenters. The van der Waals surface area contributed by atoms with Crippen LogP contribution in [0.1, 0.15) is 16.1 Å². The molecule has 0 radical (unpaired) electrons. The first-order chi connectivity index (χ1) is 10.5. The maximum absolute atomic E-state index is 13.9. The highest BCUT2D eigenvalue weighted by Gasteiger charge is 2.33. The van der Waals surface area contributed by atoms with E-state index in [-0.39, 0.29) is 15.7 Å². The molecule has 0 aliphatic heterocycles. The number of hydrogen-bond donors (Lipinski definition) is 2. The average molecular weight is 352 g/mol. The first-order valence-corrected chi connectivity index (χ1v) is 6.13. The van der Waals surface area contributed by atoms with Crippen molar-refractivity contribution in [3.8, 4) is 5.69 Å². The fourth-order valence-corrected chi connectivity index (χ4v) is 2.02. The number of rotatable bonds is 2. The van der Waals surface area contributed by atoms with Gasteiger partial charge in [-0.05, 0) is 12.1 Å². The van der Waals surface area contributed by atoms with Crippen molar-refractivity contribution in [3.05, 3.63) is 61.1 Å². The molecule has 2 aromatic rings. The number of aromatic amines is 1. The second-order valence-electron chi connectivity index (χ2n) is 4.31. The molecule has 0 aliphatic rings. The van der Waals surface area contributed by atoms with Crippen LogP contribution in [0.2, 0.25) is 5.02 Å². The predicted octanol–water partition coefficient (Wildman–Crippen LogP) is 1.44. The smallest absolute Gasteiger partial charge is 0.366 e. The number of primary amides is 1. The number of hydrogen-bond acceptors (Lipinski definition) is 3. The molecule has 122 valence electrons. The van der Waals surface area contributed by atoms with Crippen LogP contribution < -0.4 is 17.0 Å². The summed E-state index contributed by atoms with van der Waals surface area (Å²) in [5, 5.41) is -0.380. The second-order valence-corrected chi connectivity index (χ2v) is 4.71. The molecule has 0 aliphatic carbocycles. The summed E-state index contributed by atoms with van der Waals surface area (Å²) in [6.45, 7) is 0. The zero-order valence-corrected chi connectivity index (χ0v) is 11.6. The van der Waals surface area contributed by atoms with Crippen LogP contribution in [0.3, 0.4) is 0 Å². The Morgan fingerprint density at radius 3 is 2.30 bits per heavy atom. The lowest BCUT2D eigenvalue weighted by Crippen LogP contribution is -2.36. The third-order valence-corrected chi connectivity index (χ3v) is 3.09. The summed E-state index contributed by atoms with van der Waals surface area (Å²) in [5.41, 5.74) is -0.744. The molecule has 1 amide bonds. The minimum Gasteiger partial charge on any atom is -0.366 e. The van der Waals surface area contributed by atoms with Crippen molar-refractivity contribution in [2.45, 2.75) is 6.18 Å². The number of nitrogens with zero attached hydrogens (tertiary/aromatic N) is 1. The van der Waals surface area contributed by atoms with Gasteiger partial charge in [-0.2, -0.15) is 13.2 Å². The molecule has 2 rings (SSSR count). The third-order valence-electron chi connectivity index (χ3n) is 2.78. The summed E-state index contributed by atoms with van der Waals surface area (Å²) in [5.74, 6) is -2.28. The molecule has 0 saturated carbocycles. The molecule has 0 saturated heterocycles. The number of benzene rings is 1. The number of amides is 1. The van der Waals surface area contributed by atoms with Gasteiger partial charge in [-0.25, -0.2) is 13.8 Å². The quantitative estimate of drug-likeness (QED) is 0.801. The lowest BCUT2D eigenvalue weighted by Gasteiger charge is -2.11. The Morgan fingerprint density at radius 2 is 1.83 bits per heavy atom. The van der Waals surface area contributed by atoms with E-state index in [2.05, 4.69) is 0 Å². The van der Waals surface area contributed by atoms with Crippen LogP contribution >= 0.6 is 11.6 Å². The van der Waals surface area contributed by atoms with E-state index in [1.54, 1.807) is 0 Å². The summed E-state index contributed by atoms with van der Waals surface area (Å²) in [4.78, 5) is 36.0. The first kappa shape index (κ1) is 16.7. The Balaban J connectivity index is 2.79. The van der Waals surface area contributed by atoms with Crippen LogP contribution in [0.15, 0.2) is 27.8 Å². The van der Waals surface area contributed by atoms with Crippen molar-refractivity contribution in [2.24, 2.45) is 5.73 Å². The molecule has 6 nitrogen and oxygen atoms in total. The highest BCUT2D eigenvalue weighted by molar-refractivity contribution is 6.33. The molecule has 0 unspecified atom stereocenters. The SMILES string of the molecule is NC(=O)c1cc(-n2c(=O)cc(C(F)(F)F)[nH]c2=O)c(F)cc1Cl. The van der Waals surface area contributed by atoms with Crippen molar-refractivity contribution in [1.82, 2.24) is 9.55 Å². The molecule has 0 spiro atoms. The Morgan fingerprint density at radius 1 is 1.22 bits per heavy atom. The number of halogens is 5. The van der Waals surface area contributed by atoms with E-state index in [9.17, 15) is 31.9 Å². The van der Waals surface area contributed by atoms with E-state index in [1.165, 1.54) is 4.98 Å². The Kier molecular flexibility index (Phi) is 4.03. The van der Waals surface area contributed by atoms with E-state index in [1.807, 2.05) is 0 Å². The van der Waals surface area contributed by atoms with Crippen LogP contribution in [-0.2, 0) is 6.18 Å². The molecular formula is C12H6ClF4N3O3. The predicted molar refractivity (Wildman–Crippen MR) is 71.1 cm³/mol. The molecule has 0 bridgehead atoms. The van der Waals surface area contributed by atoms with E-state index < -0.39 is 46.1 Å². The molecule has 1 heterocycles. The third kappa shape index (κ3) is 3.11. The normalized spacial score (nSPS) is 11.5. The summed E-state index contributed by atoms with van der Waals surface area (Å²) in [6, 6.07) is 1.39. The zero-order chi connectivity index (χ0) is 17.5. The van der Waals surface area contributed by atoms with Gasteiger partial charge in [0.05, 0.1) is 16.3 Å². The number of nitrogens with two attached hydrogens (primary N) is 1. The molecule has 23 heavy (non-hydrogen) atoms. The molecule has 1 aromatic heterocycles. The highest BCUT2D eigenvalue weighted by Crippen LogP contribution is 2.26. The zero-order valence-electron chi connectivity index (χ0n) is 10.9. The van der Waals surface area contributed by atoms with Crippen LogP contribution in [-0.4, -0.2) is 15.5 Å². The van der Waals surface area contributed by atoms with Gasteiger partial charge in [0.2, 0.25) is 5.91 Å². The monoisotopic (exact) mass is 351 g/mol. The van der Waals surface area contributed by atoms with Gasteiger partial charge < -0.3 is 10.7 Å². The van der Waals surface area contributed by atoms with Crippen molar-refractivity contribution in [1.29, 1.82) is 0 Å². The number of carbonyl (C=O) groups excluding carboxylic acids is 1. The molecule has 0 fully saturated rings. The van der Waals surface area contributed by atoms with Crippen molar-refractivity contribution in [2.75, 3.05) is 0 Å². The summed E-state index contributed by atoms with van der Waals surface area (Å²) in [7, 11) is 0. The number of alkyl halides is 3. The van der Waals surface area contributed by atoms with Crippen LogP contribution in [0.5, 0.6) is 0 Å². The molecule has 1 aromatic carbocycles. The lowest BCUT2D eigenvalue weighted by molar-refractivity contribution is -0.141. The van der Waals surface area contributed by atoms with Gasteiger partial charge in [-0.15, -0.1) is 0 Å². The minimum absolute atomic E-state index is 0.0827. The van der Waals surface area contributed by atoms with Gasteiger partial charge in [0.25, 0.3) is 5.56 Å². The summed E-state index contributed by atoms with van der Waals surface area (Å²) >= 11 is 5.59. The van der Waals surface area contributed by atoms with Gasteiger partial charge in [0, 0.05) is 6.07 Å². The van der Waals surface area contributed by atoms with Gasteiger partial charge in [0.1, 0.15) is 11.5 Å². The second kappa shape index (κ2) is 5.54. The Bertz CT molecular complexity index is 886. The molecule has 3 N–H and O–H groups in total.